The van der Waals surface area contributed by atoms with Crippen LogP contribution in [0.3, 0.4) is 0 Å². The fraction of sp³-hybridized carbons (Fsp3) is 0.471. The first kappa shape index (κ1) is 14.5. The van der Waals surface area contributed by atoms with E-state index in [1.807, 2.05) is 0 Å². The van der Waals surface area contributed by atoms with Crippen molar-refractivity contribution in [3.63, 3.8) is 0 Å². The van der Waals surface area contributed by atoms with E-state index in [0.717, 1.165) is 36.7 Å². The third-order valence-electron chi connectivity index (χ3n) is 3.73. The van der Waals surface area contributed by atoms with Crippen LogP contribution in [-0.4, -0.2) is 11.6 Å². The molecule has 0 bridgehead atoms. The van der Waals surface area contributed by atoms with Crippen LogP contribution in [-0.2, 0) is 11.2 Å². The second-order valence-corrected chi connectivity index (χ2v) is 6.60. The number of nitrogens with one attached hydrogen (secondary N) is 1. The minimum absolute atomic E-state index is 0.250. The molecule has 1 aliphatic carbocycles. The number of thiazole rings is 1. The maximum absolute atomic E-state index is 5.98. The quantitative estimate of drug-likeness (QED) is 0.844. The molecule has 1 aromatic carbocycles. The number of aromatic nitrogens is 1. The van der Waals surface area contributed by atoms with Crippen LogP contribution in [0.25, 0.3) is 0 Å². The van der Waals surface area contributed by atoms with Gasteiger partial charge < -0.3 is 10.1 Å². The van der Waals surface area contributed by atoms with Crippen molar-refractivity contribution in [3.05, 3.63) is 40.4 Å². The van der Waals surface area contributed by atoms with Crippen molar-refractivity contribution in [2.45, 2.75) is 45.6 Å². The Morgan fingerprint density at radius 1 is 1.33 bits per heavy atom. The zero-order valence-corrected chi connectivity index (χ0v) is 13.5. The van der Waals surface area contributed by atoms with Gasteiger partial charge in [0.1, 0.15) is 0 Å². The number of hydrogen-bond donors (Lipinski definition) is 1. The highest BCUT2D eigenvalue weighted by molar-refractivity contribution is 7.15. The Balaban J connectivity index is 1.76. The second kappa shape index (κ2) is 6.58. The summed E-state index contributed by atoms with van der Waals surface area (Å²) in [5, 5.41) is 4.40. The molecule has 3 rings (SSSR count). The molecule has 0 amide bonds. The first-order valence-corrected chi connectivity index (χ1v) is 8.53. The predicted molar refractivity (Wildman–Crippen MR) is 88.5 cm³/mol. The molecule has 1 atom stereocenters. The van der Waals surface area contributed by atoms with Crippen molar-refractivity contribution in [3.8, 4) is 0 Å². The van der Waals surface area contributed by atoms with Crippen molar-refractivity contribution in [2.75, 3.05) is 11.9 Å². The summed E-state index contributed by atoms with van der Waals surface area (Å²) in [6, 6.07) is 8.42. The van der Waals surface area contributed by atoms with Gasteiger partial charge >= 0.3 is 0 Å². The van der Waals surface area contributed by atoms with E-state index in [1.165, 1.54) is 22.6 Å². The lowest BCUT2D eigenvalue weighted by Gasteiger charge is -2.21. The SMILES string of the molecule is CCCOC1CCCc2nc(Nc3ccc(C)cc3)sc21. The molecular weight excluding hydrogens is 280 g/mol. The Hall–Kier alpha value is -1.39. The molecule has 1 aromatic heterocycles. The van der Waals surface area contributed by atoms with Gasteiger partial charge in [0.15, 0.2) is 5.13 Å². The van der Waals surface area contributed by atoms with Gasteiger partial charge in [-0.2, -0.15) is 0 Å². The van der Waals surface area contributed by atoms with Gasteiger partial charge in [0.25, 0.3) is 0 Å². The van der Waals surface area contributed by atoms with Gasteiger partial charge in [-0.3, -0.25) is 0 Å². The highest BCUT2D eigenvalue weighted by atomic mass is 32.1. The highest BCUT2D eigenvalue weighted by Gasteiger charge is 2.25. The average Bonchev–Trinajstić information content (AvgIpc) is 2.90. The monoisotopic (exact) mass is 302 g/mol. The smallest absolute Gasteiger partial charge is 0.187 e. The lowest BCUT2D eigenvalue weighted by Crippen LogP contribution is -2.11. The summed E-state index contributed by atoms with van der Waals surface area (Å²) in [6.45, 7) is 5.09. The molecule has 1 aliphatic rings. The number of anilines is 2. The van der Waals surface area contributed by atoms with Gasteiger partial charge in [-0.15, -0.1) is 0 Å². The largest absolute Gasteiger partial charge is 0.373 e. The molecule has 0 radical (unpaired) electrons. The van der Waals surface area contributed by atoms with E-state index in [-0.39, 0.29) is 6.10 Å². The molecule has 0 fully saturated rings. The summed E-state index contributed by atoms with van der Waals surface area (Å²) >= 11 is 1.75. The first-order valence-electron chi connectivity index (χ1n) is 7.71. The number of fused-ring (bicyclic) bond motifs is 1. The number of ether oxygens (including phenoxy) is 1. The minimum Gasteiger partial charge on any atom is -0.373 e. The Morgan fingerprint density at radius 2 is 2.14 bits per heavy atom. The van der Waals surface area contributed by atoms with Gasteiger partial charge in [0.05, 0.1) is 16.7 Å². The zero-order chi connectivity index (χ0) is 14.7. The number of benzene rings is 1. The van der Waals surface area contributed by atoms with Crippen LogP contribution < -0.4 is 5.32 Å². The second-order valence-electron chi connectivity index (χ2n) is 5.57. The fourth-order valence-corrected chi connectivity index (χ4v) is 3.73. The molecule has 0 saturated heterocycles. The van der Waals surface area contributed by atoms with E-state index in [4.69, 9.17) is 9.72 Å². The Labute approximate surface area is 130 Å². The summed E-state index contributed by atoms with van der Waals surface area (Å²) in [6.07, 6.45) is 4.69. The molecule has 21 heavy (non-hydrogen) atoms. The Bertz CT molecular complexity index is 591. The molecule has 1 heterocycles. The number of nitrogens with zero attached hydrogens (tertiary/aromatic N) is 1. The normalized spacial score (nSPS) is 17.5. The van der Waals surface area contributed by atoms with Gasteiger partial charge in [-0.05, 0) is 44.7 Å². The number of rotatable bonds is 5. The van der Waals surface area contributed by atoms with Crippen molar-refractivity contribution in [1.82, 2.24) is 4.98 Å². The molecule has 2 aromatic rings. The zero-order valence-electron chi connectivity index (χ0n) is 12.7. The van der Waals surface area contributed by atoms with Crippen LogP contribution >= 0.6 is 11.3 Å². The van der Waals surface area contributed by atoms with E-state index < -0.39 is 0 Å². The Kier molecular flexibility index (Phi) is 4.56. The van der Waals surface area contributed by atoms with Crippen LogP contribution in [0.5, 0.6) is 0 Å². The average molecular weight is 302 g/mol. The van der Waals surface area contributed by atoms with Crippen molar-refractivity contribution < 1.29 is 4.74 Å². The standard InChI is InChI=1S/C17H22N2OS/c1-3-11-20-15-6-4-5-14-16(15)21-17(19-14)18-13-9-7-12(2)8-10-13/h7-10,15H,3-6,11H2,1-2H3,(H,18,19). The van der Waals surface area contributed by atoms with Crippen LogP contribution in [0, 0.1) is 6.92 Å². The third kappa shape index (κ3) is 3.44. The molecule has 3 nitrogen and oxygen atoms in total. The molecule has 4 heteroatoms. The van der Waals surface area contributed by atoms with Gasteiger partial charge in [0, 0.05) is 12.3 Å². The van der Waals surface area contributed by atoms with E-state index in [0.29, 0.717) is 0 Å². The summed E-state index contributed by atoms with van der Waals surface area (Å²) in [4.78, 5) is 6.08. The molecule has 1 N–H and O–H groups in total. The highest BCUT2D eigenvalue weighted by Crippen LogP contribution is 2.39. The Morgan fingerprint density at radius 3 is 2.90 bits per heavy atom. The predicted octanol–water partition coefficient (Wildman–Crippen LogP) is 5.00. The van der Waals surface area contributed by atoms with Crippen LogP contribution in [0.4, 0.5) is 10.8 Å². The van der Waals surface area contributed by atoms with E-state index in [9.17, 15) is 0 Å². The molecular formula is C17H22N2OS. The van der Waals surface area contributed by atoms with E-state index in [2.05, 4.69) is 43.4 Å². The van der Waals surface area contributed by atoms with Crippen molar-refractivity contribution in [1.29, 1.82) is 0 Å². The van der Waals surface area contributed by atoms with Crippen molar-refractivity contribution in [2.24, 2.45) is 0 Å². The molecule has 0 saturated carbocycles. The van der Waals surface area contributed by atoms with Crippen molar-refractivity contribution >= 4 is 22.2 Å². The van der Waals surface area contributed by atoms with Crippen LogP contribution in [0.2, 0.25) is 0 Å². The summed E-state index contributed by atoms with van der Waals surface area (Å²) in [5.74, 6) is 0. The summed E-state index contributed by atoms with van der Waals surface area (Å²) < 4.78 is 5.98. The minimum atomic E-state index is 0.250. The third-order valence-corrected chi connectivity index (χ3v) is 4.83. The lowest BCUT2D eigenvalue weighted by molar-refractivity contribution is 0.0434. The molecule has 1 unspecified atom stereocenters. The lowest BCUT2D eigenvalue weighted by atomic mass is 10.0. The summed E-state index contributed by atoms with van der Waals surface area (Å²) in [5.41, 5.74) is 3.59. The number of hydrogen-bond acceptors (Lipinski definition) is 4. The van der Waals surface area contributed by atoms with E-state index in [1.54, 1.807) is 11.3 Å². The fourth-order valence-electron chi connectivity index (χ4n) is 2.61. The van der Waals surface area contributed by atoms with Crippen LogP contribution in [0.15, 0.2) is 24.3 Å². The maximum Gasteiger partial charge on any atom is 0.187 e. The van der Waals surface area contributed by atoms with Crippen LogP contribution in [0.1, 0.15) is 48.4 Å². The van der Waals surface area contributed by atoms with E-state index >= 15 is 0 Å². The number of aryl methyl sites for hydroxylation is 2. The maximum atomic E-state index is 5.98. The van der Waals surface area contributed by atoms with Gasteiger partial charge in [0.2, 0.25) is 0 Å². The molecule has 112 valence electrons. The summed E-state index contributed by atoms with van der Waals surface area (Å²) in [7, 11) is 0. The van der Waals surface area contributed by atoms with Gasteiger partial charge in [-0.1, -0.05) is 36.0 Å². The topological polar surface area (TPSA) is 34.1 Å². The molecule has 0 aliphatic heterocycles. The molecule has 0 spiro atoms. The van der Waals surface area contributed by atoms with Gasteiger partial charge in [-0.25, -0.2) is 4.98 Å². The first-order chi connectivity index (χ1) is 10.3.